The number of nitrogens with zero attached hydrogens (tertiary/aromatic N) is 2. The summed E-state index contributed by atoms with van der Waals surface area (Å²) in [6.07, 6.45) is 1.62. The van der Waals surface area contributed by atoms with Gasteiger partial charge >= 0.3 is 0 Å². The number of hydrogen-bond donors (Lipinski definition) is 2. The molecule has 0 amide bonds. The number of anilines is 1. The highest BCUT2D eigenvalue weighted by Crippen LogP contribution is 2.25. The summed E-state index contributed by atoms with van der Waals surface area (Å²) in [5.41, 5.74) is 1.67. The lowest BCUT2D eigenvalue weighted by molar-refractivity contribution is -0.384. The molecular formula is C14H24N4O2. The van der Waals surface area contributed by atoms with E-state index in [2.05, 4.69) is 5.32 Å². The number of rotatable bonds is 8. The predicted molar refractivity (Wildman–Crippen MR) is 81.6 cm³/mol. The van der Waals surface area contributed by atoms with Gasteiger partial charge in [0.2, 0.25) is 0 Å². The first-order valence-corrected chi connectivity index (χ1v) is 6.98. The maximum atomic E-state index is 11.1. The molecule has 6 heteroatoms. The predicted octanol–water partition coefficient (Wildman–Crippen LogP) is 2.54. The average molecular weight is 280 g/mol. The van der Waals surface area contributed by atoms with E-state index in [-0.39, 0.29) is 10.6 Å². The fourth-order valence-electron chi connectivity index (χ4n) is 1.84. The van der Waals surface area contributed by atoms with Crippen molar-refractivity contribution in [3.05, 3.63) is 33.9 Å². The van der Waals surface area contributed by atoms with Gasteiger partial charge in [0, 0.05) is 25.2 Å². The summed E-state index contributed by atoms with van der Waals surface area (Å²) in [4.78, 5) is 10.7. The van der Waals surface area contributed by atoms with Gasteiger partial charge in [-0.1, -0.05) is 13.0 Å². The van der Waals surface area contributed by atoms with Crippen molar-refractivity contribution in [2.24, 2.45) is 5.84 Å². The first-order chi connectivity index (χ1) is 9.45. The van der Waals surface area contributed by atoms with Gasteiger partial charge in [0.25, 0.3) is 5.69 Å². The lowest BCUT2D eigenvalue weighted by Gasteiger charge is -2.20. The SMILES string of the molecule is CCc1ccc(NCCCN(N)C(C)C)c([N+](=O)[O-])c1. The monoisotopic (exact) mass is 280 g/mol. The zero-order chi connectivity index (χ0) is 15.1. The van der Waals surface area contributed by atoms with E-state index in [9.17, 15) is 10.1 Å². The van der Waals surface area contributed by atoms with E-state index in [1.165, 1.54) is 0 Å². The summed E-state index contributed by atoms with van der Waals surface area (Å²) < 4.78 is 0. The Morgan fingerprint density at radius 2 is 2.15 bits per heavy atom. The Kier molecular flexibility index (Phi) is 6.41. The van der Waals surface area contributed by atoms with Crippen molar-refractivity contribution in [1.29, 1.82) is 0 Å². The molecule has 0 aromatic heterocycles. The van der Waals surface area contributed by atoms with Gasteiger partial charge < -0.3 is 5.32 Å². The third-order valence-electron chi connectivity index (χ3n) is 3.24. The highest BCUT2D eigenvalue weighted by Gasteiger charge is 2.13. The molecule has 3 N–H and O–H groups in total. The van der Waals surface area contributed by atoms with Crippen LogP contribution in [0.5, 0.6) is 0 Å². The molecule has 20 heavy (non-hydrogen) atoms. The van der Waals surface area contributed by atoms with Crippen molar-refractivity contribution in [3.8, 4) is 0 Å². The first kappa shape index (κ1) is 16.4. The van der Waals surface area contributed by atoms with Crippen LogP contribution in [-0.4, -0.2) is 29.1 Å². The van der Waals surface area contributed by atoms with Crippen molar-refractivity contribution < 1.29 is 4.92 Å². The van der Waals surface area contributed by atoms with E-state index in [1.54, 1.807) is 17.1 Å². The van der Waals surface area contributed by atoms with Crippen molar-refractivity contribution >= 4 is 11.4 Å². The summed E-state index contributed by atoms with van der Waals surface area (Å²) in [5, 5.41) is 15.9. The zero-order valence-corrected chi connectivity index (χ0v) is 12.4. The average Bonchev–Trinajstić information content (AvgIpc) is 2.42. The van der Waals surface area contributed by atoms with Crippen LogP contribution in [0, 0.1) is 10.1 Å². The smallest absolute Gasteiger partial charge is 0.292 e. The Bertz CT molecular complexity index is 449. The first-order valence-electron chi connectivity index (χ1n) is 6.98. The molecule has 0 spiro atoms. The summed E-state index contributed by atoms with van der Waals surface area (Å²) in [6, 6.07) is 5.62. The molecule has 0 radical (unpaired) electrons. The molecule has 0 aliphatic carbocycles. The quantitative estimate of drug-likeness (QED) is 0.331. The number of aryl methyl sites for hydroxylation is 1. The maximum absolute atomic E-state index is 11.1. The van der Waals surface area contributed by atoms with E-state index < -0.39 is 0 Å². The molecule has 112 valence electrons. The van der Waals surface area contributed by atoms with Crippen LogP contribution in [0.15, 0.2) is 18.2 Å². The van der Waals surface area contributed by atoms with Crippen LogP contribution >= 0.6 is 0 Å². The van der Waals surface area contributed by atoms with E-state index in [0.717, 1.165) is 24.9 Å². The van der Waals surface area contributed by atoms with E-state index >= 15 is 0 Å². The highest BCUT2D eigenvalue weighted by atomic mass is 16.6. The molecule has 0 aliphatic rings. The van der Waals surface area contributed by atoms with Gasteiger partial charge in [-0.3, -0.25) is 16.0 Å². The van der Waals surface area contributed by atoms with Gasteiger partial charge in [-0.25, -0.2) is 5.01 Å². The minimum atomic E-state index is -0.342. The second-order valence-corrected chi connectivity index (χ2v) is 5.07. The molecule has 0 fully saturated rings. The molecule has 0 unspecified atom stereocenters. The topological polar surface area (TPSA) is 84.4 Å². The van der Waals surface area contributed by atoms with E-state index in [4.69, 9.17) is 5.84 Å². The molecule has 1 aromatic carbocycles. The zero-order valence-electron chi connectivity index (χ0n) is 12.4. The lowest BCUT2D eigenvalue weighted by atomic mass is 10.1. The molecule has 0 aliphatic heterocycles. The minimum absolute atomic E-state index is 0.137. The van der Waals surface area contributed by atoms with Crippen molar-refractivity contribution in [1.82, 2.24) is 5.01 Å². The van der Waals surface area contributed by atoms with Crippen LogP contribution in [-0.2, 0) is 6.42 Å². The van der Waals surface area contributed by atoms with Crippen LogP contribution in [0.4, 0.5) is 11.4 Å². The Labute approximate surface area is 120 Å². The largest absolute Gasteiger partial charge is 0.379 e. The normalized spacial score (nSPS) is 11.1. The van der Waals surface area contributed by atoms with Gasteiger partial charge in [0.05, 0.1) is 4.92 Å². The standard InChI is InChI=1S/C14H24N4O2/c1-4-12-6-7-13(14(10-12)18(19)20)16-8-5-9-17(15)11(2)3/h6-7,10-11,16H,4-5,8-9,15H2,1-3H3. The minimum Gasteiger partial charge on any atom is -0.379 e. The van der Waals surface area contributed by atoms with Crippen LogP contribution < -0.4 is 11.2 Å². The Morgan fingerprint density at radius 3 is 2.70 bits per heavy atom. The number of nitro benzene ring substituents is 1. The summed E-state index contributed by atoms with van der Waals surface area (Å²) in [7, 11) is 0. The molecule has 0 saturated carbocycles. The van der Waals surface area contributed by atoms with Crippen LogP contribution in [0.1, 0.15) is 32.8 Å². The second kappa shape index (κ2) is 7.81. The molecular weight excluding hydrogens is 256 g/mol. The highest BCUT2D eigenvalue weighted by molar-refractivity contribution is 5.62. The van der Waals surface area contributed by atoms with Crippen LogP contribution in [0.25, 0.3) is 0 Å². The molecule has 1 rings (SSSR count). The number of nitro groups is 1. The fraction of sp³-hybridized carbons (Fsp3) is 0.571. The summed E-state index contributed by atoms with van der Waals surface area (Å²) >= 11 is 0. The summed E-state index contributed by atoms with van der Waals surface area (Å²) in [6.45, 7) is 7.45. The van der Waals surface area contributed by atoms with Gasteiger partial charge in [0.1, 0.15) is 5.69 Å². The summed E-state index contributed by atoms with van der Waals surface area (Å²) in [5.74, 6) is 5.81. The fourth-order valence-corrected chi connectivity index (χ4v) is 1.84. The van der Waals surface area contributed by atoms with Crippen molar-refractivity contribution in [3.63, 3.8) is 0 Å². The van der Waals surface area contributed by atoms with Crippen molar-refractivity contribution in [2.45, 2.75) is 39.7 Å². The van der Waals surface area contributed by atoms with Crippen LogP contribution in [0.3, 0.4) is 0 Å². The molecule has 0 heterocycles. The van der Waals surface area contributed by atoms with E-state index in [0.29, 0.717) is 18.3 Å². The van der Waals surface area contributed by atoms with Gasteiger partial charge in [-0.15, -0.1) is 0 Å². The van der Waals surface area contributed by atoms with E-state index in [1.807, 2.05) is 26.8 Å². The van der Waals surface area contributed by atoms with Crippen molar-refractivity contribution in [2.75, 3.05) is 18.4 Å². The number of nitrogens with two attached hydrogens (primary N) is 1. The molecule has 6 nitrogen and oxygen atoms in total. The van der Waals surface area contributed by atoms with Crippen LogP contribution in [0.2, 0.25) is 0 Å². The Hall–Kier alpha value is -1.66. The molecule has 0 bridgehead atoms. The number of nitrogens with one attached hydrogen (secondary N) is 1. The third kappa shape index (κ3) is 4.79. The Morgan fingerprint density at radius 1 is 1.45 bits per heavy atom. The number of hydrazine groups is 1. The third-order valence-corrected chi connectivity index (χ3v) is 3.24. The lowest BCUT2D eigenvalue weighted by Crippen LogP contribution is -2.38. The molecule has 0 saturated heterocycles. The molecule has 1 aromatic rings. The van der Waals surface area contributed by atoms with Gasteiger partial charge in [0.15, 0.2) is 0 Å². The Balaban J connectivity index is 2.57. The number of hydrogen-bond acceptors (Lipinski definition) is 5. The second-order valence-electron chi connectivity index (χ2n) is 5.07. The maximum Gasteiger partial charge on any atom is 0.292 e. The van der Waals surface area contributed by atoms with Gasteiger partial charge in [-0.2, -0.15) is 0 Å². The number of benzene rings is 1. The molecule has 0 atom stereocenters. The van der Waals surface area contributed by atoms with Gasteiger partial charge in [-0.05, 0) is 38.3 Å².